The van der Waals surface area contributed by atoms with Gasteiger partial charge in [-0.1, -0.05) is 5.21 Å². The molecule has 1 amide bonds. The second kappa shape index (κ2) is 8.80. The molecule has 28 heavy (non-hydrogen) atoms. The normalized spacial score (nSPS) is 14.6. The van der Waals surface area contributed by atoms with Gasteiger partial charge in [0.15, 0.2) is 5.54 Å². The molecular weight excluding hydrogens is 372 g/mol. The number of aromatic nitrogens is 5. The molecule has 1 aliphatic carbocycles. The SMILES string of the molecule is COc1cc(C(=O)NCCOCCOCc2cn(C3(C(=O)O)CC3)nn2)[nH]n1. The summed E-state index contributed by atoms with van der Waals surface area (Å²) in [6, 6.07) is 1.50. The number of hydrogen-bond acceptors (Lipinski definition) is 8. The fourth-order valence-electron chi connectivity index (χ4n) is 2.49. The van der Waals surface area contributed by atoms with E-state index in [9.17, 15) is 14.7 Å². The zero-order valence-electron chi connectivity index (χ0n) is 15.4. The summed E-state index contributed by atoms with van der Waals surface area (Å²) in [5, 5.41) is 26.1. The van der Waals surface area contributed by atoms with Crippen molar-refractivity contribution in [3.63, 3.8) is 0 Å². The summed E-state index contributed by atoms with van der Waals surface area (Å²) in [5.41, 5.74) is -0.0565. The van der Waals surface area contributed by atoms with Gasteiger partial charge < -0.3 is 24.6 Å². The molecule has 0 atom stereocenters. The summed E-state index contributed by atoms with van der Waals surface area (Å²) in [6.45, 7) is 1.57. The van der Waals surface area contributed by atoms with Crippen molar-refractivity contribution in [2.45, 2.75) is 25.0 Å². The van der Waals surface area contributed by atoms with E-state index >= 15 is 0 Å². The highest BCUT2D eigenvalue weighted by Crippen LogP contribution is 2.43. The van der Waals surface area contributed by atoms with Gasteiger partial charge in [-0.05, 0) is 12.8 Å². The maximum absolute atomic E-state index is 11.8. The molecule has 3 N–H and O–H groups in total. The van der Waals surface area contributed by atoms with Gasteiger partial charge in [0.1, 0.15) is 11.4 Å². The average molecular weight is 394 g/mol. The maximum atomic E-state index is 11.8. The third kappa shape index (κ3) is 4.64. The molecule has 12 heteroatoms. The van der Waals surface area contributed by atoms with E-state index < -0.39 is 11.5 Å². The quantitative estimate of drug-likeness (QED) is 0.406. The predicted octanol–water partition coefficient (Wildman–Crippen LogP) is -0.453. The second-order valence-electron chi connectivity index (χ2n) is 6.24. The first-order valence-electron chi connectivity index (χ1n) is 8.73. The van der Waals surface area contributed by atoms with Crippen molar-refractivity contribution in [2.75, 3.05) is 33.5 Å². The molecule has 2 heterocycles. The Labute approximate surface area is 160 Å². The van der Waals surface area contributed by atoms with Crippen LogP contribution in [0.4, 0.5) is 0 Å². The third-order valence-electron chi connectivity index (χ3n) is 4.26. The van der Waals surface area contributed by atoms with Crippen molar-refractivity contribution in [2.24, 2.45) is 0 Å². The number of H-pyrrole nitrogens is 1. The first kappa shape index (κ1) is 19.8. The molecule has 0 saturated heterocycles. The molecule has 0 aromatic carbocycles. The molecule has 2 aromatic rings. The van der Waals surface area contributed by atoms with Gasteiger partial charge in [-0.3, -0.25) is 9.89 Å². The Balaban J connectivity index is 1.24. The van der Waals surface area contributed by atoms with Crippen molar-refractivity contribution in [1.29, 1.82) is 0 Å². The number of rotatable bonds is 12. The minimum atomic E-state index is -0.930. The average Bonchev–Trinajstić information content (AvgIpc) is 3.14. The first-order chi connectivity index (χ1) is 13.5. The van der Waals surface area contributed by atoms with E-state index in [1.165, 1.54) is 17.9 Å². The number of hydrogen-bond donors (Lipinski definition) is 3. The number of ether oxygens (including phenoxy) is 3. The van der Waals surface area contributed by atoms with Crippen LogP contribution < -0.4 is 10.1 Å². The minimum Gasteiger partial charge on any atom is -0.480 e. The van der Waals surface area contributed by atoms with Gasteiger partial charge in [-0.2, -0.15) is 0 Å². The standard InChI is InChI=1S/C16H22N6O6/c1-26-13-8-12(19-20-13)14(23)17-4-5-27-6-7-28-10-11-9-22(21-18-11)16(2-3-16)15(24)25/h8-9H,2-7,10H2,1H3,(H,17,23)(H,19,20)(H,24,25). The van der Waals surface area contributed by atoms with E-state index in [2.05, 4.69) is 25.8 Å². The molecule has 0 spiro atoms. The van der Waals surface area contributed by atoms with E-state index in [1.54, 1.807) is 6.20 Å². The highest BCUT2D eigenvalue weighted by Gasteiger charge is 2.53. The zero-order valence-corrected chi connectivity index (χ0v) is 15.4. The summed E-state index contributed by atoms with van der Waals surface area (Å²) in [5.74, 6) is -0.848. The number of nitrogens with one attached hydrogen (secondary N) is 2. The van der Waals surface area contributed by atoms with Crippen LogP contribution in [0.2, 0.25) is 0 Å². The molecule has 1 aliphatic rings. The first-order valence-corrected chi connectivity index (χ1v) is 8.73. The van der Waals surface area contributed by atoms with Crippen LogP contribution in [-0.4, -0.2) is 75.6 Å². The maximum Gasteiger partial charge on any atom is 0.331 e. The van der Waals surface area contributed by atoms with Gasteiger partial charge in [0.2, 0.25) is 5.88 Å². The number of aliphatic carboxylic acids is 1. The number of carboxylic acids is 1. The molecular formula is C16H22N6O6. The summed E-state index contributed by atoms with van der Waals surface area (Å²) in [7, 11) is 1.47. The Morgan fingerprint density at radius 3 is 2.79 bits per heavy atom. The lowest BCUT2D eigenvalue weighted by atomic mass is 10.3. The Morgan fingerprint density at radius 2 is 2.11 bits per heavy atom. The lowest BCUT2D eigenvalue weighted by molar-refractivity contribution is -0.142. The summed E-state index contributed by atoms with van der Waals surface area (Å²) < 4.78 is 17.1. The van der Waals surface area contributed by atoms with Gasteiger partial charge in [0.25, 0.3) is 5.91 Å². The van der Waals surface area contributed by atoms with Gasteiger partial charge >= 0.3 is 5.97 Å². The van der Waals surface area contributed by atoms with Crippen molar-refractivity contribution in [3.05, 3.63) is 23.7 Å². The summed E-state index contributed by atoms with van der Waals surface area (Å²) in [4.78, 5) is 23.1. The van der Waals surface area contributed by atoms with Gasteiger partial charge in [-0.25, -0.2) is 9.48 Å². The number of methoxy groups -OCH3 is 1. The molecule has 2 aromatic heterocycles. The molecule has 0 aliphatic heterocycles. The van der Waals surface area contributed by atoms with Gasteiger partial charge in [-0.15, -0.1) is 10.2 Å². The Morgan fingerprint density at radius 1 is 1.32 bits per heavy atom. The smallest absolute Gasteiger partial charge is 0.331 e. The van der Waals surface area contributed by atoms with Crippen LogP contribution in [0.5, 0.6) is 5.88 Å². The number of carboxylic acid groups (broad SMARTS) is 1. The molecule has 1 fully saturated rings. The minimum absolute atomic E-state index is 0.220. The summed E-state index contributed by atoms with van der Waals surface area (Å²) in [6.07, 6.45) is 2.72. The molecule has 0 radical (unpaired) electrons. The monoisotopic (exact) mass is 394 g/mol. The number of nitrogens with zero attached hydrogens (tertiary/aromatic N) is 4. The molecule has 1 saturated carbocycles. The molecule has 152 valence electrons. The van der Waals surface area contributed by atoms with Crippen molar-refractivity contribution in [1.82, 2.24) is 30.5 Å². The van der Waals surface area contributed by atoms with Crippen LogP contribution in [0.1, 0.15) is 29.0 Å². The molecule has 0 bridgehead atoms. The van der Waals surface area contributed by atoms with Crippen molar-refractivity contribution in [3.8, 4) is 5.88 Å². The van der Waals surface area contributed by atoms with Crippen LogP contribution in [-0.2, 0) is 26.4 Å². The van der Waals surface area contributed by atoms with Crippen molar-refractivity contribution < 1.29 is 28.9 Å². The Bertz CT molecular complexity index is 814. The van der Waals surface area contributed by atoms with E-state index in [0.717, 1.165) is 0 Å². The lowest BCUT2D eigenvalue weighted by Crippen LogP contribution is -2.28. The fourth-order valence-corrected chi connectivity index (χ4v) is 2.49. The van der Waals surface area contributed by atoms with E-state index in [1.807, 2.05) is 0 Å². The second-order valence-corrected chi connectivity index (χ2v) is 6.24. The topological polar surface area (TPSA) is 153 Å². The van der Waals surface area contributed by atoms with Gasteiger partial charge in [0, 0.05) is 12.6 Å². The molecule has 0 unspecified atom stereocenters. The third-order valence-corrected chi connectivity index (χ3v) is 4.26. The van der Waals surface area contributed by atoms with E-state index in [0.29, 0.717) is 56.5 Å². The Hall–Kier alpha value is -2.99. The number of aromatic amines is 1. The number of carbonyl (C=O) groups is 2. The summed E-state index contributed by atoms with van der Waals surface area (Å²) >= 11 is 0. The van der Waals surface area contributed by atoms with Crippen LogP contribution in [0.25, 0.3) is 0 Å². The van der Waals surface area contributed by atoms with Crippen LogP contribution >= 0.6 is 0 Å². The van der Waals surface area contributed by atoms with Crippen LogP contribution in [0, 0.1) is 0 Å². The number of carbonyl (C=O) groups excluding carboxylic acids is 1. The van der Waals surface area contributed by atoms with Crippen LogP contribution in [0.3, 0.4) is 0 Å². The fraction of sp³-hybridized carbons (Fsp3) is 0.562. The number of amides is 1. The molecule has 3 rings (SSSR count). The van der Waals surface area contributed by atoms with E-state index in [-0.39, 0.29) is 12.5 Å². The zero-order chi connectivity index (χ0) is 20.0. The largest absolute Gasteiger partial charge is 0.480 e. The van der Waals surface area contributed by atoms with E-state index in [4.69, 9.17) is 14.2 Å². The lowest BCUT2D eigenvalue weighted by Gasteiger charge is -2.08. The van der Waals surface area contributed by atoms with Crippen LogP contribution in [0.15, 0.2) is 12.3 Å². The van der Waals surface area contributed by atoms with Gasteiger partial charge in [0.05, 0.1) is 39.7 Å². The highest BCUT2D eigenvalue weighted by molar-refractivity contribution is 5.92. The van der Waals surface area contributed by atoms with Crippen molar-refractivity contribution >= 4 is 11.9 Å². The Kier molecular flexibility index (Phi) is 6.21. The molecule has 12 nitrogen and oxygen atoms in total. The predicted molar refractivity (Wildman–Crippen MR) is 92.8 cm³/mol. The highest BCUT2D eigenvalue weighted by atomic mass is 16.5.